The number of sulfonamides is 1. The highest BCUT2D eigenvalue weighted by Crippen LogP contribution is 2.26. The van der Waals surface area contributed by atoms with Crippen molar-refractivity contribution in [2.75, 3.05) is 20.1 Å². The van der Waals surface area contributed by atoms with E-state index in [1.54, 1.807) is 24.5 Å². The lowest BCUT2D eigenvalue weighted by atomic mass is 10.3. The zero-order valence-corrected chi connectivity index (χ0v) is 14.7. The van der Waals surface area contributed by atoms with Crippen molar-refractivity contribution in [3.63, 3.8) is 0 Å². The van der Waals surface area contributed by atoms with Gasteiger partial charge in [-0.05, 0) is 43.1 Å². The van der Waals surface area contributed by atoms with Crippen LogP contribution in [0.4, 0.5) is 0 Å². The van der Waals surface area contributed by atoms with E-state index in [0.29, 0.717) is 10.8 Å². The number of hydrogen-bond donors (Lipinski definition) is 1. The Morgan fingerprint density at radius 2 is 2.05 bits per heavy atom. The average Bonchev–Trinajstić information content (AvgIpc) is 3.10. The number of nitrogens with zero attached hydrogens (tertiary/aromatic N) is 1. The summed E-state index contributed by atoms with van der Waals surface area (Å²) in [7, 11) is -1.75. The van der Waals surface area contributed by atoms with Crippen molar-refractivity contribution in [3.8, 4) is 0 Å². The minimum Gasteiger partial charge on any atom is -0.317 e. The van der Waals surface area contributed by atoms with Gasteiger partial charge < -0.3 is 5.32 Å². The van der Waals surface area contributed by atoms with Crippen LogP contribution in [0.3, 0.4) is 0 Å². The number of likely N-dealkylation sites (N-methyl/N-ethyl adjacent to an activating group) is 1. The molecule has 0 saturated carbocycles. The van der Waals surface area contributed by atoms with Crippen molar-refractivity contribution in [2.45, 2.75) is 24.1 Å². The van der Waals surface area contributed by atoms with Gasteiger partial charge in [0.2, 0.25) is 0 Å². The van der Waals surface area contributed by atoms with E-state index >= 15 is 0 Å². The Labute approximate surface area is 134 Å². The molecule has 2 aromatic heterocycles. The molecule has 4 nitrogen and oxygen atoms in total. The normalized spacial score (nSPS) is 12.1. The lowest BCUT2D eigenvalue weighted by molar-refractivity contribution is 0.471. The maximum atomic E-state index is 12.5. The SMILES string of the molecule is CCNCCc1ccc(S(=O)(=O)N(C)Cc2cccs2)s1. The van der Waals surface area contributed by atoms with Crippen LogP contribution in [0.25, 0.3) is 0 Å². The van der Waals surface area contributed by atoms with Gasteiger partial charge in [0.1, 0.15) is 4.21 Å². The molecule has 0 saturated heterocycles. The minimum atomic E-state index is -3.39. The monoisotopic (exact) mass is 344 g/mol. The van der Waals surface area contributed by atoms with E-state index < -0.39 is 10.0 Å². The molecule has 1 N–H and O–H groups in total. The van der Waals surface area contributed by atoms with Crippen molar-refractivity contribution >= 4 is 32.7 Å². The fraction of sp³-hybridized carbons (Fsp3) is 0.429. The second kappa shape index (κ2) is 7.51. The Balaban J connectivity index is 2.04. The molecule has 2 heterocycles. The molecule has 21 heavy (non-hydrogen) atoms. The standard InChI is InChI=1S/C14H20N2O2S3/c1-3-15-9-8-12-6-7-14(20-12)21(17,18)16(2)11-13-5-4-10-19-13/h4-7,10,15H,3,8-9,11H2,1-2H3. The van der Waals surface area contributed by atoms with Gasteiger partial charge in [-0.1, -0.05) is 13.0 Å². The van der Waals surface area contributed by atoms with Crippen molar-refractivity contribution < 1.29 is 8.42 Å². The Bertz CT molecular complexity index is 648. The van der Waals surface area contributed by atoms with E-state index in [-0.39, 0.29) is 0 Å². The largest absolute Gasteiger partial charge is 0.317 e. The highest BCUT2D eigenvalue weighted by Gasteiger charge is 2.23. The first-order chi connectivity index (χ1) is 10.0. The second-order valence-electron chi connectivity index (χ2n) is 4.66. The molecule has 2 rings (SSSR count). The molecule has 0 spiro atoms. The summed E-state index contributed by atoms with van der Waals surface area (Å²) in [5.74, 6) is 0. The van der Waals surface area contributed by atoms with Crippen LogP contribution in [0, 0.1) is 0 Å². The summed E-state index contributed by atoms with van der Waals surface area (Å²) in [6, 6.07) is 7.51. The zero-order chi connectivity index (χ0) is 15.3. The zero-order valence-electron chi connectivity index (χ0n) is 12.2. The van der Waals surface area contributed by atoms with Gasteiger partial charge in [0.25, 0.3) is 10.0 Å². The molecule has 0 unspecified atom stereocenters. The minimum absolute atomic E-state index is 0.421. The summed E-state index contributed by atoms with van der Waals surface area (Å²) in [5, 5.41) is 5.20. The van der Waals surface area contributed by atoms with Gasteiger partial charge in [-0.15, -0.1) is 22.7 Å². The van der Waals surface area contributed by atoms with Gasteiger partial charge >= 0.3 is 0 Å². The Kier molecular flexibility index (Phi) is 5.95. The first-order valence-electron chi connectivity index (χ1n) is 6.82. The van der Waals surface area contributed by atoms with Crippen LogP contribution in [-0.2, 0) is 23.0 Å². The lowest BCUT2D eigenvalue weighted by Crippen LogP contribution is -2.25. The summed E-state index contributed by atoms with van der Waals surface area (Å²) in [6.07, 6.45) is 0.864. The van der Waals surface area contributed by atoms with E-state index in [4.69, 9.17) is 0 Å². The molecule has 0 aliphatic rings. The molecule has 0 aliphatic heterocycles. The average molecular weight is 345 g/mol. The van der Waals surface area contributed by atoms with Crippen LogP contribution in [0.5, 0.6) is 0 Å². The third-order valence-electron chi connectivity index (χ3n) is 3.06. The molecule has 0 bridgehead atoms. The summed E-state index contributed by atoms with van der Waals surface area (Å²) in [4.78, 5) is 2.14. The van der Waals surface area contributed by atoms with Gasteiger partial charge in [-0.2, -0.15) is 4.31 Å². The van der Waals surface area contributed by atoms with Crippen LogP contribution in [0.15, 0.2) is 33.9 Å². The molecule has 116 valence electrons. The number of nitrogens with one attached hydrogen (secondary N) is 1. The molecular formula is C14H20N2O2S3. The predicted molar refractivity (Wildman–Crippen MR) is 89.5 cm³/mol. The van der Waals surface area contributed by atoms with E-state index in [9.17, 15) is 8.42 Å². The topological polar surface area (TPSA) is 49.4 Å². The highest BCUT2D eigenvalue weighted by molar-refractivity contribution is 7.91. The maximum Gasteiger partial charge on any atom is 0.252 e. The van der Waals surface area contributed by atoms with Crippen LogP contribution < -0.4 is 5.32 Å². The van der Waals surface area contributed by atoms with E-state index in [0.717, 1.165) is 29.3 Å². The predicted octanol–water partition coefficient (Wildman–Crippen LogP) is 2.78. The quantitative estimate of drug-likeness (QED) is 0.749. The van der Waals surface area contributed by atoms with Crippen LogP contribution >= 0.6 is 22.7 Å². The maximum absolute atomic E-state index is 12.5. The molecule has 0 atom stereocenters. The van der Waals surface area contributed by atoms with Crippen molar-refractivity contribution in [1.29, 1.82) is 0 Å². The van der Waals surface area contributed by atoms with Gasteiger partial charge in [0.05, 0.1) is 0 Å². The summed E-state index contributed by atoms with van der Waals surface area (Å²) in [5.41, 5.74) is 0. The fourth-order valence-corrected chi connectivity index (χ4v) is 5.43. The van der Waals surface area contributed by atoms with Gasteiger partial charge in [0, 0.05) is 23.3 Å². The van der Waals surface area contributed by atoms with E-state index in [2.05, 4.69) is 12.2 Å². The first-order valence-corrected chi connectivity index (χ1v) is 9.96. The van der Waals surface area contributed by atoms with Gasteiger partial charge in [0.15, 0.2) is 0 Å². The van der Waals surface area contributed by atoms with Crippen molar-refractivity contribution in [2.24, 2.45) is 0 Å². The first kappa shape index (κ1) is 16.6. The molecule has 0 amide bonds. The molecule has 7 heteroatoms. The Morgan fingerprint density at radius 3 is 2.71 bits per heavy atom. The Hall–Kier alpha value is -0.730. The van der Waals surface area contributed by atoms with Crippen LogP contribution in [-0.4, -0.2) is 32.9 Å². The molecular weight excluding hydrogens is 324 g/mol. The highest BCUT2D eigenvalue weighted by atomic mass is 32.2. The third-order valence-corrected chi connectivity index (χ3v) is 7.34. The second-order valence-corrected chi connectivity index (χ2v) is 9.14. The van der Waals surface area contributed by atoms with E-state index in [1.807, 2.05) is 23.6 Å². The van der Waals surface area contributed by atoms with Gasteiger partial charge in [-0.3, -0.25) is 0 Å². The van der Waals surface area contributed by atoms with E-state index in [1.165, 1.54) is 15.6 Å². The lowest BCUT2D eigenvalue weighted by Gasteiger charge is -2.14. The summed E-state index contributed by atoms with van der Waals surface area (Å²) < 4.78 is 26.9. The number of hydrogen-bond acceptors (Lipinski definition) is 5. The molecule has 0 aromatic carbocycles. The Morgan fingerprint density at radius 1 is 1.24 bits per heavy atom. The molecule has 0 aliphatic carbocycles. The van der Waals surface area contributed by atoms with Crippen LogP contribution in [0.1, 0.15) is 16.7 Å². The summed E-state index contributed by atoms with van der Waals surface area (Å²) in [6.45, 7) is 4.29. The summed E-state index contributed by atoms with van der Waals surface area (Å²) >= 11 is 2.94. The molecule has 0 radical (unpaired) electrons. The molecule has 0 fully saturated rings. The van der Waals surface area contributed by atoms with Crippen LogP contribution in [0.2, 0.25) is 0 Å². The fourth-order valence-electron chi connectivity index (χ4n) is 1.88. The third kappa shape index (κ3) is 4.37. The van der Waals surface area contributed by atoms with Crippen molar-refractivity contribution in [1.82, 2.24) is 9.62 Å². The number of thiophene rings is 2. The smallest absolute Gasteiger partial charge is 0.252 e. The number of rotatable bonds is 8. The van der Waals surface area contributed by atoms with Crippen molar-refractivity contribution in [3.05, 3.63) is 39.4 Å². The molecule has 2 aromatic rings. The van der Waals surface area contributed by atoms with Gasteiger partial charge in [-0.25, -0.2) is 8.42 Å².